The topological polar surface area (TPSA) is 83.0 Å². The summed E-state index contributed by atoms with van der Waals surface area (Å²) in [5.74, 6) is -0.586. The average Bonchev–Trinajstić information content (AvgIpc) is 3.18. The van der Waals surface area contributed by atoms with E-state index in [-0.39, 0.29) is 29.6 Å². The van der Waals surface area contributed by atoms with Crippen molar-refractivity contribution < 1.29 is 9.18 Å². The number of pyridine rings is 1. The highest BCUT2D eigenvalue weighted by atomic mass is 19.1. The van der Waals surface area contributed by atoms with Gasteiger partial charge in [-0.05, 0) is 84.3 Å². The fourth-order valence-electron chi connectivity index (χ4n) is 5.87. The van der Waals surface area contributed by atoms with Crippen molar-refractivity contribution in [1.29, 1.82) is 5.26 Å². The molecular weight excluding hydrogens is 451 g/mol. The smallest absolute Gasteiger partial charge is 0.254 e. The monoisotopic (exact) mass is 476 g/mol. The molecule has 2 unspecified atom stereocenters. The van der Waals surface area contributed by atoms with Gasteiger partial charge in [-0.25, -0.2) is 4.39 Å². The Hall–Kier alpha value is -4.08. The van der Waals surface area contributed by atoms with Crippen molar-refractivity contribution in [2.75, 3.05) is 0 Å². The third-order valence-corrected chi connectivity index (χ3v) is 7.59. The SMILES string of the molecule is N#Cc1ccc(-c2cc(C(=O)N3C4CCC3CC(N)C4)ccc2-c2ccc3cccnc3c2)cc1F. The van der Waals surface area contributed by atoms with E-state index in [1.807, 2.05) is 59.5 Å². The minimum absolute atomic E-state index is 0.00325. The van der Waals surface area contributed by atoms with Gasteiger partial charge < -0.3 is 10.6 Å². The number of nitrogens with zero attached hydrogens (tertiary/aromatic N) is 3. The average molecular weight is 477 g/mol. The predicted octanol–water partition coefficient (Wildman–Crippen LogP) is 5.67. The molecule has 2 bridgehead atoms. The summed E-state index contributed by atoms with van der Waals surface area (Å²) >= 11 is 0. The third-order valence-electron chi connectivity index (χ3n) is 7.59. The number of nitrogens with two attached hydrogens (primary N) is 1. The summed E-state index contributed by atoms with van der Waals surface area (Å²) in [5, 5.41) is 10.2. The summed E-state index contributed by atoms with van der Waals surface area (Å²) in [5.41, 5.74) is 10.8. The second-order valence-electron chi connectivity index (χ2n) is 9.81. The van der Waals surface area contributed by atoms with Crippen molar-refractivity contribution >= 4 is 16.8 Å². The molecule has 2 atom stereocenters. The Morgan fingerprint density at radius 1 is 0.972 bits per heavy atom. The van der Waals surface area contributed by atoms with Gasteiger partial charge in [-0.15, -0.1) is 0 Å². The number of carbonyl (C=O) groups is 1. The van der Waals surface area contributed by atoms with Crippen molar-refractivity contribution in [3.63, 3.8) is 0 Å². The van der Waals surface area contributed by atoms with Crippen molar-refractivity contribution in [2.24, 2.45) is 5.73 Å². The van der Waals surface area contributed by atoms with Crippen molar-refractivity contribution in [3.8, 4) is 28.3 Å². The largest absolute Gasteiger partial charge is 0.333 e. The van der Waals surface area contributed by atoms with Crippen LogP contribution in [0.1, 0.15) is 41.6 Å². The number of halogens is 1. The van der Waals surface area contributed by atoms with Gasteiger partial charge in [0.2, 0.25) is 0 Å². The Morgan fingerprint density at radius 2 is 1.72 bits per heavy atom. The van der Waals surface area contributed by atoms with E-state index in [1.54, 1.807) is 12.3 Å². The molecule has 1 amide bonds. The van der Waals surface area contributed by atoms with Crippen LogP contribution in [0.25, 0.3) is 33.2 Å². The Morgan fingerprint density at radius 3 is 2.47 bits per heavy atom. The molecule has 5 nitrogen and oxygen atoms in total. The van der Waals surface area contributed by atoms with Crippen LogP contribution < -0.4 is 5.73 Å². The molecule has 4 aromatic rings. The van der Waals surface area contributed by atoms with Gasteiger partial charge in [0.1, 0.15) is 11.9 Å². The summed E-state index contributed by atoms with van der Waals surface area (Å²) in [6, 6.07) is 22.5. The Kier molecular flexibility index (Phi) is 5.50. The molecule has 2 fully saturated rings. The van der Waals surface area contributed by atoms with E-state index in [0.29, 0.717) is 11.1 Å². The van der Waals surface area contributed by atoms with E-state index in [1.165, 1.54) is 12.1 Å². The van der Waals surface area contributed by atoms with Crippen molar-refractivity contribution in [1.82, 2.24) is 9.88 Å². The van der Waals surface area contributed by atoms with Crippen molar-refractivity contribution in [3.05, 3.63) is 89.9 Å². The summed E-state index contributed by atoms with van der Waals surface area (Å²) in [7, 11) is 0. The Bertz CT molecular complexity index is 1530. The number of fused-ring (bicyclic) bond motifs is 3. The fraction of sp³-hybridized carbons (Fsp3) is 0.233. The number of carbonyl (C=O) groups excluding carboxylic acids is 1. The van der Waals surface area contributed by atoms with Gasteiger partial charge in [-0.3, -0.25) is 9.78 Å². The van der Waals surface area contributed by atoms with Crippen LogP contribution in [0.2, 0.25) is 0 Å². The maximum absolute atomic E-state index is 14.7. The van der Waals surface area contributed by atoms with Gasteiger partial charge in [0, 0.05) is 35.3 Å². The van der Waals surface area contributed by atoms with Crippen LogP contribution in [0, 0.1) is 17.1 Å². The van der Waals surface area contributed by atoms with Gasteiger partial charge in [0.05, 0.1) is 11.1 Å². The highest BCUT2D eigenvalue weighted by Crippen LogP contribution is 2.39. The summed E-state index contributed by atoms with van der Waals surface area (Å²) in [4.78, 5) is 20.2. The quantitative estimate of drug-likeness (QED) is 0.413. The lowest BCUT2D eigenvalue weighted by atomic mass is 9.91. The maximum Gasteiger partial charge on any atom is 0.254 e. The normalized spacial score (nSPS) is 20.9. The lowest BCUT2D eigenvalue weighted by molar-refractivity contribution is 0.0575. The summed E-state index contributed by atoms with van der Waals surface area (Å²) in [6.07, 6.45) is 5.39. The predicted molar refractivity (Wildman–Crippen MR) is 137 cm³/mol. The lowest BCUT2D eigenvalue weighted by Gasteiger charge is -2.38. The number of hydrogen-bond acceptors (Lipinski definition) is 4. The molecule has 6 heteroatoms. The molecule has 2 aliphatic rings. The second-order valence-corrected chi connectivity index (χ2v) is 9.81. The Balaban J connectivity index is 1.47. The molecule has 3 heterocycles. The third kappa shape index (κ3) is 3.82. The first kappa shape index (κ1) is 22.4. The van der Waals surface area contributed by atoms with Gasteiger partial charge in [0.15, 0.2) is 0 Å². The molecular formula is C30H25FN4O. The number of benzene rings is 3. The number of hydrogen-bond donors (Lipinski definition) is 1. The van der Waals surface area contributed by atoms with Crippen LogP contribution in [0.3, 0.4) is 0 Å². The fourth-order valence-corrected chi connectivity index (χ4v) is 5.87. The molecule has 2 saturated heterocycles. The first-order chi connectivity index (χ1) is 17.5. The van der Waals surface area contributed by atoms with E-state index in [9.17, 15) is 14.4 Å². The van der Waals surface area contributed by atoms with Gasteiger partial charge in [0.25, 0.3) is 5.91 Å². The minimum Gasteiger partial charge on any atom is -0.333 e. The lowest BCUT2D eigenvalue weighted by Crippen LogP contribution is -2.50. The Labute approximate surface area is 209 Å². The van der Waals surface area contributed by atoms with Crippen LogP contribution >= 0.6 is 0 Å². The molecule has 1 aromatic heterocycles. The number of aromatic nitrogens is 1. The first-order valence-corrected chi connectivity index (χ1v) is 12.3. The molecule has 0 saturated carbocycles. The standard InChI is InChI=1S/C30H25FN4O/c31-28-13-19(5-6-22(28)17-32)27-12-21(30(36)35-24-8-9-25(35)16-23(33)15-24)7-10-26(27)20-4-3-18-2-1-11-34-29(18)14-20/h1-7,10-14,23-25H,8-9,15-16,33H2. The number of amides is 1. The first-order valence-electron chi connectivity index (χ1n) is 12.3. The van der Waals surface area contributed by atoms with E-state index >= 15 is 0 Å². The van der Waals surface area contributed by atoms with Crippen molar-refractivity contribution in [2.45, 2.75) is 43.8 Å². The van der Waals surface area contributed by atoms with Crippen LogP contribution in [-0.4, -0.2) is 33.9 Å². The van der Waals surface area contributed by atoms with E-state index in [4.69, 9.17) is 5.73 Å². The maximum atomic E-state index is 14.7. The van der Waals surface area contributed by atoms with Gasteiger partial charge in [-0.2, -0.15) is 5.26 Å². The molecule has 6 rings (SSSR count). The minimum atomic E-state index is -0.582. The van der Waals surface area contributed by atoms with Gasteiger partial charge in [-0.1, -0.05) is 30.3 Å². The molecule has 2 N–H and O–H groups in total. The molecule has 3 aromatic carbocycles. The molecule has 0 aliphatic carbocycles. The second kappa shape index (κ2) is 8.85. The molecule has 2 aliphatic heterocycles. The molecule has 36 heavy (non-hydrogen) atoms. The molecule has 178 valence electrons. The van der Waals surface area contributed by atoms with E-state index < -0.39 is 5.82 Å². The highest BCUT2D eigenvalue weighted by Gasteiger charge is 2.42. The zero-order valence-electron chi connectivity index (χ0n) is 19.7. The van der Waals surface area contributed by atoms with E-state index in [0.717, 1.165) is 53.3 Å². The number of nitriles is 1. The summed E-state index contributed by atoms with van der Waals surface area (Å²) in [6.45, 7) is 0. The number of rotatable bonds is 3. The van der Waals surface area contributed by atoms with E-state index in [2.05, 4.69) is 4.98 Å². The van der Waals surface area contributed by atoms with Gasteiger partial charge >= 0.3 is 0 Å². The van der Waals surface area contributed by atoms with Crippen LogP contribution in [-0.2, 0) is 0 Å². The zero-order valence-corrected chi connectivity index (χ0v) is 19.7. The summed E-state index contributed by atoms with van der Waals surface area (Å²) < 4.78 is 14.7. The van der Waals surface area contributed by atoms with Crippen LogP contribution in [0.5, 0.6) is 0 Å². The van der Waals surface area contributed by atoms with Crippen LogP contribution in [0.4, 0.5) is 4.39 Å². The number of piperidine rings is 1. The highest BCUT2D eigenvalue weighted by molar-refractivity contribution is 5.99. The van der Waals surface area contributed by atoms with Crippen LogP contribution in [0.15, 0.2) is 72.9 Å². The molecule has 0 spiro atoms. The zero-order chi connectivity index (χ0) is 24.8. The molecule has 0 radical (unpaired) electrons.